The lowest BCUT2D eigenvalue weighted by molar-refractivity contribution is -0.140. The number of aromatic nitrogens is 3. The Kier molecular flexibility index (Phi) is 5.16. The molecule has 9 heteroatoms. The van der Waals surface area contributed by atoms with Crippen LogP contribution in [0.15, 0.2) is 58.3 Å². The molecule has 0 bridgehead atoms. The molecule has 3 aromatic heterocycles. The Balaban J connectivity index is 1.98. The van der Waals surface area contributed by atoms with Gasteiger partial charge in [0.15, 0.2) is 0 Å². The number of nitrogens with one attached hydrogen (secondary N) is 1. The highest BCUT2D eigenvalue weighted by Crippen LogP contribution is 2.31. The fourth-order valence-electron chi connectivity index (χ4n) is 3.60. The average molecular weight is 421 g/mol. The van der Waals surface area contributed by atoms with Crippen molar-refractivity contribution in [2.24, 2.45) is 0 Å². The molecule has 3 heterocycles. The molecule has 0 fully saturated rings. The second-order valence-electron chi connectivity index (χ2n) is 6.92. The highest BCUT2D eigenvalue weighted by atomic mass is 16.5. The molecule has 0 saturated heterocycles. The van der Waals surface area contributed by atoms with E-state index in [-0.39, 0.29) is 23.2 Å². The quantitative estimate of drug-likeness (QED) is 0.472. The molecule has 158 valence electrons. The van der Waals surface area contributed by atoms with Crippen LogP contribution in [0.2, 0.25) is 0 Å². The van der Waals surface area contributed by atoms with E-state index in [0.29, 0.717) is 16.7 Å². The lowest BCUT2D eigenvalue weighted by Gasteiger charge is -2.17. The number of esters is 1. The lowest BCUT2D eigenvalue weighted by atomic mass is 9.89. The van der Waals surface area contributed by atoms with E-state index in [9.17, 15) is 19.5 Å². The topological polar surface area (TPSA) is 123 Å². The third kappa shape index (κ3) is 3.61. The van der Waals surface area contributed by atoms with Gasteiger partial charge in [-0.25, -0.2) is 0 Å². The van der Waals surface area contributed by atoms with Crippen molar-refractivity contribution in [2.45, 2.75) is 12.3 Å². The molecular formula is C22H19N3O6. The van der Waals surface area contributed by atoms with Gasteiger partial charge in [-0.2, -0.15) is 4.98 Å². The zero-order valence-corrected chi connectivity index (χ0v) is 16.8. The second kappa shape index (κ2) is 7.94. The number of pyridine rings is 2. The van der Waals surface area contributed by atoms with Crippen LogP contribution in [0.1, 0.15) is 23.5 Å². The number of aromatic amines is 1. The van der Waals surface area contributed by atoms with Gasteiger partial charge in [0.25, 0.3) is 11.1 Å². The minimum atomic E-state index is -1.07. The number of carbonyl (C=O) groups excluding carboxylic acids is 1. The summed E-state index contributed by atoms with van der Waals surface area (Å²) >= 11 is 0. The number of methoxy groups -OCH3 is 2. The van der Waals surface area contributed by atoms with Gasteiger partial charge in [0.2, 0.25) is 5.88 Å². The maximum Gasteiger partial charge on any atom is 0.306 e. The van der Waals surface area contributed by atoms with Crippen LogP contribution in [0.4, 0.5) is 0 Å². The number of rotatable bonds is 5. The van der Waals surface area contributed by atoms with E-state index in [1.165, 1.54) is 24.8 Å². The maximum absolute atomic E-state index is 13.2. The maximum atomic E-state index is 13.2. The summed E-state index contributed by atoms with van der Waals surface area (Å²) in [6.45, 7) is 0. The molecule has 1 atom stereocenters. The molecule has 0 spiro atoms. The molecule has 0 saturated carbocycles. The molecule has 0 radical (unpaired) electrons. The molecule has 31 heavy (non-hydrogen) atoms. The molecule has 0 aliphatic carbocycles. The van der Waals surface area contributed by atoms with Crippen LogP contribution in [-0.4, -0.2) is 39.7 Å². The molecule has 4 aromatic rings. The van der Waals surface area contributed by atoms with Crippen molar-refractivity contribution in [3.8, 4) is 11.6 Å². The molecule has 0 aliphatic rings. The van der Waals surface area contributed by atoms with Crippen LogP contribution in [-0.2, 0) is 9.53 Å². The first-order valence-corrected chi connectivity index (χ1v) is 9.41. The van der Waals surface area contributed by atoms with Gasteiger partial charge in [0, 0.05) is 23.7 Å². The normalized spacial score (nSPS) is 12.1. The highest BCUT2D eigenvalue weighted by Gasteiger charge is 2.29. The van der Waals surface area contributed by atoms with E-state index in [4.69, 9.17) is 9.47 Å². The fourth-order valence-corrected chi connectivity index (χ4v) is 3.60. The van der Waals surface area contributed by atoms with E-state index < -0.39 is 28.9 Å². The van der Waals surface area contributed by atoms with Gasteiger partial charge in [-0.3, -0.25) is 18.8 Å². The predicted octanol–water partition coefficient (Wildman–Crippen LogP) is 1.95. The first-order valence-electron chi connectivity index (χ1n) is 9.41. The number of ether oxygens (including phenoxy) is 2. The number of aromatic hydroxyl groups is 1. The van der Waals surface area contributed by atoms with Crippen molar-refractivity contribution < 1.29 is 19.4 Å². The second-order valence-corrected chi connectivity index (χ2v) is 6.92. The number of carbonyl (C=O) groups is 1. The summed E-state index contributed by atoms with van der Waals surface area (Å²) in [5, 5.41) is 11.2. The molecule has 2 N–H and O–H groups in total. The number of H-pyrrole nitrogens is 1. The third-order valence-electron chi connectivity index (χ3n) is 5.15. The number of hydrogen-bond acceptors (Lipinski definition) is 7. The summed E-state index contributed by atoms with van der Waals surface area (Å²) in [5.41, 5.74) is -0.342. The number of benzene rings is 1. The van der Waals surface area contributed by atoms with Crippen molar-refractivity contribution in [1.82, 2.24) is 14.4 Å². The van der Waals surface area contributed by atoms with Gasteiger partial charge >= 0.3 is 5.97 Å². The highest BCUT2D eigenvalue weighted by molar-refractivity contribution is 5.81. The largest absolute Gasteiger partial charge is 0.497 e. The van der Waals surface area contributed by atoms with Crippen molar-refractivity contribution in [3.63, 3.8) is 0 Å². The third-order valence-corrected chi connectivity index (χ3v) is 5.15. The number of fused-ring (bicyclic) bond motifs is 2. The standard InChI is InChI=1S/C22H19N3O6/c1-30-13-7-6-12-9-15(20(27)23-16(12)10-13)14(11-18(26)31-2)19-21(28)24-17-5-3-4-8-25(17)22(19)29/h3-10,14,28H,11H2,1-2H3,(H,23,27)/t14-/m1/s1. The van der Waals surface area contributed by atoms with Crippen LogP contribution >= 0.6 is 0 Å². The Labute approximate surface area is 175 Å². The summed E-state index contributed by atoms with van der Waals surface area (Å²) in [4.78, 5) is 45.1. The van der Waals surface area contributed by atoms with Crippen molar-refractivity contribution in [3.05, 3.63) is 80.5 Å². The van der Waals surface area contributed by atoms with E-state index in [2.05, 4.69) is 9.97 Å². The van der Waals surface area contributed by atoms with Crippen LogP contribution in [0.5, 0.6) is 11.6 Å². The Hall–Kier alpha value is -4.14. The Morgan fingerprint density at radius 2 is 2.00 bits per heavy atom. The Morgan fingerprint density at radius 3 is 2.74 bits per heavy atom. The van der Waals surface area contributed by atoms with Gasteiger partial charge in [0.05, 0.1) is 31.7 Å². The van der Waals surface area contributed by atoms with Crippen molar-refractivity contribution in [1.29, 1.82) is 0 Å². The number of nitrogens with zero attached hydrogens (tertiary/aromatic N) is 2. The zero-order chi connectivity index (χ0) is 22.1. The molecule has 9 nitrogen and oxygen atoms in total. The zero-order valence-electron chi connectivity index (χ0n) is 16.8. The van der Waals surface area contributed by atoms with Crippen molar-refractivity contribution in [2.75, 3.05) is 14.2 Å². The van der Waals surface area contributed by atoms with E-state index in [0.717, 1.165) is 0 Å². The summed E-state index contributed by atoms with van der Waals surface area (Å²) in [7, 11) is 2.73. The molecular weight excluding hydrogens is 402 g/mol. The summed E-state index contributed by atoms with van der Waals surface area (Å²) in [5.74, 6) is -1.69. The van der Waals surface area contributed by atoms with Gasteiger partial charge in [-0.1, -0.05) is 6.07 Å². The molecule has 0 unspecified atom stereocenters. The van der Waals surface area contributed by atoms with E-state index >= 15 is 0 Å². The minimum absolute atomic E-state index is 0.133. The summed E-state index contributed by atoms with van der Waals surface area (Å²) < 4.78 is 11.2. The Morgan fingerprint density at radius 1 is 1.19 bits per heavy atom. The van der Waals surface area contributed by atoms with Gasteiger partial charge in [0.1, 0.15) is 11.4 Å². The minimum Gasteiger partial charge on any atom is -0.497 e. The van der Waals surface area contributed by atoms with E-state index in [1.807, 2.05) is 0 Å². The SMILES string of the molecule is COC(=O)C[C@H](c1cc2ccc(OC)cc2[nH]c1=O)c1c(O)nc2ccccn2c1=O. The molecule has 4 rings (SSSR count). The summed E-state index contributed by atoms with van der Waals surface area (Å²) in [6, 6.07) is 11.6. The van der Waals surface area contributed by atoms with Gasteiger partial charge in [-0.05, 0) is 35.7 Å². The van der Waals surface area contributed by atoms with Crippen LogP contribution in [0.25, 0.3) is 16.6 Å². The average Bonchev–Trinajstić information content (AvgIpc) is 2.77. The van der Waals surface area contributed by atoms with E-state index in [1.54, 1.807) is 42.5 Å². The number of hydrogen-bond donors (Lipinski definition) is 2. The lowest BCUT2D eigenvalue weighted by Crippen LogP contribution is -2.27. The van der Waals surface area contributed by atoms with Crippen LogP contribution in [0, 0.1) is 0 Å². The van der Waals surface area contributed by atoms with Crippen LogP contribution in [0.3, 0.4) is 0 Å². The molecule has 1 aromatic carbocycles. The van der Waals surface area contributed by atoms with Gasteiger partial charge in [-0.15, -0.1) is 0 Å². The smallest absolute Gasteiger partial charge is 0.306 e. The van der Waals surface area contributed by atoms with Gasteiger partial charge < -0.3 is 19.6 Å². The monoisotopic (exact) mass is 421 g/mol. The molecule has 0 amide bonds. The summed E-state index contributed by atoms with van der Waals surface area (Å²) in [6.07, 6.45) is 1.17. The fraction of sp³-hybridized carbons (Fsp3) is 0.182. The molecule has 0 aliphatic heterocycles. The van der Waals surface area contributed by atoms with Crippen molar-refractivity contribution >= 4 is 22.5 Å². The first kappa shape index (κ1) is 20.1. The predicted molar refractivity (Wildman–Crippen MR) is 113 cm³/mol. The Bertz CT molecular complexity index is 1420. The first-order chi connectivity index (χ1) is 14.9. The van der Waals surface area contributed by atoms with Crippen LogP contribution < -0.4 is 15.9 Å².